The first-order chi connectivity index (χ1) is 9.50. The summed E-state index contributed by atoms with van der Waals surface area (Å²) in [6.07, 6.45) is 4.59. The number of hydrogen-bond acceptors (Lipinski definition) is 5. The Labute approximate surface area is 121 Å². The van der Waals surface area contributed by atoms with E-state index in [4.69, 9.17) is 4.74 Å². The van der Waals surface area contributed by atoms with Crippen LogP contribution in [-0.4, -0.2) is 45.1 Å². The van der Waals surface area contributed by atoms with Crippen molar-refractivity contribution in [2.24, 2.45) is 11.8 Å². The van der Waals surface area contributed by atoms with E-state index in [-0.39, 0.29) is 17.8 Å². The molecule has 1 N–H and O–H groups in total. The Balaban J connectivity index is 1.74. The number of nitrogens with one attached hydrogen (secondary N) is 1. The lowest BCUT2D eigenvalue weighted by Crippen LogP contribution is -2.39. The molecule has 0 amide bonds. The highest BCUT2D eigenvalue weighted by atomic mass is 32.2. The molecule has 0 bridgehead atoms. The highest BCUT2D eigenvalue weighted by Crippen LogP contribution is 2.26. The van der Waals surface area contributed by atoms with Gasteiger partial charge in [0.15, 0.2) is 9.84 Å². The molecule has 3 unspecified atom stereocenters. The fourth-order valence-electron chi connectivity index (χ4n) is 3.22. The third kappa shape index (κ3) is 4.45. The van der Waals surface area contributed by atoms with E-state index in [9.17, 15) is 13.2 Å². The van der Waals surface area contributed by atoms with E-state index in [0.29, 0.717) is 24.2 Å². The van der Waals surface area contributed by atoms with Crippen molar-refractivity contribution in [3.63, 3.8) is 0 Å². The molecule has 0 aromatic heterocycles. The zero-order valence-electron chi connectivity index (χ0n) is 12.1. The van der Waals surface area contributed by atoms with Crippen molar-refractivity contribution in [3.05, 3.63) is 0 Å². The van der Waals surface area contributed by atoms with E-state index in [1.165, 1.54) is 0 Å². The zero-order valence-corrected chi connectivity index (χ0v) is 13.0. The third-order valence-corrected chi connectivity index (χ3v) is 6.15. The SMILES string of the molecule is CCOC(=O)C1CCCC(NCC2CCS(=O)(=O)C2)C1. The van der Waals surface area contributed by atoms with Crippen molar-refractivity contribution in [1.29, 1.82) is 0 Å². The lowest BCUT2D eigenvalue weighted by molar-refractivity contribution is -0.149. The minimum Gasteiger partial charge on any atom is -0.466 e. The Kier molecular flexibility index (Phi) is 5.43. The van der Waals surface area contributed by atoms with Crippen LogP contribution in [0.4, 0.5) is 0 Å². The van der Waals surface area contributed by atoms with Crippen molar-refractivity contribution < 1.29 is 17.9 Å². The summed E-state index contributed by atoms with van der Waals surface area (Å²) < 4.78 is 27.9. The van der Waals surface area contributed by atoms with Crippen LogP contribution in [0.15, 0.2) is 0 Å². The summed E-state index contributed by atoms with van der Waals surface area (Å²) >= 11 is 0. The van der Waals surface area contributed by atoms with Gasteiger partial charge in [-0.3, -0.25) is 4.79 Å². The number of ether oxygens (including phenoxy) is 1. The fraction of sp³-hybridized carbons (Fsp3) is 0.929. The maximum absolute atomic E-state index is 11.8. The van der Waals surface area contributed by atoms with E-state index < -0.39 is 9.84 Å². The molecule has 2 rings (SSSR count). The second kappa shape index (κ2) is 6.89. The summed E-state index contributed by atoms with van der Waals surface area (Å²) in [7, 11) is -2.79. The topological polar surface area (TPSA) is 72.5 Å². The van der Waals surface area contributed by atoms with Crippen LogP contribution in [0.3, 0.4) is 0 Å². The van der Waals surface area contributed by atoms with Crippen molar-refractivity contribution in [1.82, 2.24) is 5.32 Å². The van der Waals surface area contributed by atoms with Crippen LogP contribution in [-0.2, 0) is 19.4 Å². The summed E-state index contributed by atoms with van der Waals surface area (Å²) in [6.45, 7) is 3.02. The predicted molar refractivity (Wildman–Crippen MR) is 77.1 cm³/mol. The molecule has 1 aliphatic heterocycles. The first kappa shape index (κ1) is 15.8. The van der Waals surface area contributed by atoms with Gasteiger partial charge in [-0.1, -0.05) is 6.42 Å². The van der Waals surface area contributed by atoms with Gasteiger partial charge in [-0.15, -0.1) is 0 Å². The standard InChI is InChI=1S/C14H25NO4S/c1-2-19-14(16)12-4-3-5-13(8-12)15-9-11-6-7-20(17,18)10-11/h11-13,15H,2-10H2,1H3. The van der Waals surface area contributed by atoms with Crippen molar-refractivity contribution in [3.8, 4) is 0 Å². The molecule has 2 fully saturated rings. The molecule has 0 radical (unpaired) electrons. The van der Waals surface area contributed by atoms with Crippen LogP contribution in [0.5, 0.6) is 0 Å². The molecule has 1 saturated carbocycles. The van der Waals surface area contributed by atoms with Gasteiger partial charge in [0.2, 0.25) is 0 Å². The normalized spacial score (nSPS) is 33.0. The van der Waals surface area contributed by atoms with Gasteiger partial charge in [0.1, 0.15) is 0 Å². The number of esters is 1. The van der Waals surface area contributed by atoms with Crippen LogP contribution < -0.4 is 5.32 Å². The quantitative estimate of drug-likeness (QED) is 0.771. The molecule has 1 aliphatic carbocycles. The summed E-state index contributed by atoms with van der Waals surface area (Å²) in [4.78, 5) is 11.8. The number of rotatable bonds is 5. The van der Waals surface area contributed by atoms with Crippen LogP contribution in [0, 0.1) is 11.8 Å². The maximum Gasteiger partial charge on any atom is 0.308 e. The highest BCUT2D eigenvalue weighted by molar-refractivity contribution is 7.91. The minimum atomic E-state index is -2.79. The Morgan fingerprint density at radius 3 is 2.75 bits per heavy atom. The largest absolute Gasteiger partial charge is 0.466 e. The van der Waals surface area contributed by atoms with E-state index in [2.05, 4.69) is 5.32 Å². The molecule has 3 atom stereocenters. The molecule has 1 heterocycles. The van der Waals surface area contributed by atoms with E-state index >= 15 is 0 Å². The van der Waals surface area contributed by atoms with Crippen LogP contribution >= 0.6 is 0 Å². The lowest BCUT2D eigenvalue weighted by atomic mass is 9.85. The molecule has 116 valence electrons. The van der Waals surface area contributed by atoms with Crippen molar-refractivity contribution in [2.75, 3.05) is 24.7 Å². The molecule has 1 saturated heterocycles. The lowest BCUT2D eigenvalue weighted by Gasteiger charge is -2.29. The van der Waals surface area contributed by atoms with Crippen molar-refractivity contribution >= 4 is 15.8 Å². The summed E-state index contributed by atoms with van der Waals surface area (Å²) in [6, 6.07) is 0.321. The maximum atomic E-state index is 11.8. The average molecular weight is 303 g/mol. The molecule has 2 aliphatic rings. The summed E-state index contributed by atoms with van der Waals surface area (Å²) in [5.41, 5.74) is 0. The van der Waals surface area contributed by atoms with Gasteiger partial charge >= 0.3 is 5.97 Å². The molecule has 6 heteroatoms. The third-order valence-electron chi connectivity index (χ3n) is 4.32. The summed E-state index contributed by atoms with van der Waals surface area (Å²) in [5, 5.41) is 3.46. The Morgan fingerprint density at radius 1 is 1.30 bits per heavy atom. The highest BCUT2D eigenvalue weighted by Gasteiger charge is 2.31. The Hall–Kier alpha value is -0.620. The van der Waals surface area contributed by atoms with E-state index in [0.717, 1.165) is 38.6 Å². The number of carbonyl (C=O) groups is 1. The van der Waals surface area contributed by atoms with Crippen LogP contribution in [0.1, 0.15) is 39.0 Å². The minimum absolute atomic E-state index is 0.00788. The fourth-order valence-corrected chi connectivity index (χ4v) is 5.08. The Bertz CT molecular complexity index is 434. The predicted octanol–water partition coefficient (Wildman–Crippen LogP) is 1.13. The van der Waals surface area contributed by atoms with Gasteiger partial charge in [0, 0.05) is 6.04 Å². The number of hydrogen-bond donors (Lipinski definition) is 1. The van der Waals surface area contributed by atoms with Crippen LogP contribution in [0.2, 0.25) is 0 Å². The molecule has 20 heavy (non-hydrogen) atoms. The molecule has 5 nitrogen and oxygen atoms in total. The number of carbonyl (C=O) groups excluding carboxylic acids is 1. The molecule has 0 spiro atoms. The first-order valence-electron chi connectivity index (χ1n) is 7.60. The van der Waals surface area contributed by atoms with Gasteiger partial charge in [-0.25, -0.2) is 8.42 Å². The molecule has 0 aromatic rings. The summed E-state index contributed by atoms with van der Waals surface area (Å²) in [5.74, 6) is 0.808. The van der Waals surface area contributed by atoms with E-state index in [1.54, 1.807) is 0 Å². The zero-order chi connectivity index (χ0) is 14.6. The Morgan fingerprint density at radius 2 is 2.10 bits per heavy atom. The molecular weight excluding hydrogens is 278 g/mol. The smallest absolute Gasteiger partial charge is 0.308 e. The van der Waals surface area contributed by atoms with E-state index in [1.807, 2.05) is 6.92 Å². The second-order valence-electron chi connectivity index (χ2n) is 5.99. The van der Waals surface area contributed by atoms with Gasteiger partial charge in [-0.2, -0.15) is 0 Å². The molecule has 0 aromatic carbocycles. The van der Waals surface area contributed by atoms with Gasteiger partial charge in [0.25, 0.3) is 0 Å². The van der Waals surface area contributed by atoms with Crippen LogP contribution in [0.25, 0.3) is 0 Å². The van der Waals surface area contributed by atoms with Gasteiger partial charge in [0.05, 0.1) is 24.0 Å². The second-order valence-corrected chi connectivity index (χ2v) is 8.22. The monoisotopic (exact) mass is 303 g/mol. The average Bonchev–Trinajstić information content (AvgIpc) is 2.77. The van der Waals surface area contributed by atoms with Gasteiger partial charge < -0.3 is 10.1 Å². The first-order valence-corrected chi connectivity index (χ1v) is 9.42. The van der Waals surface area contributed by atoms with Crippen molar-refractivity contribution in [2.45, 2.75) is 45.1 Å². The molecular formula is C14H25NO4S. The number of sulfone groups is 1. The van der Waals surface area contributed by atoms with Gasteiger partial charge in [-0.05, 0) is 45.1 Å².